The van der Waals surface area contributed by atoms with Gasteiger partial charge in [-0.1, -0.05) is 25.1 Å². The van der Waals surface area contributed by atoms with Crippen molar-refractivity contribution in [3.63, 3.8) is 0 Å². The summed E-state index contributed by atoms with van der Waals surface area (Å²) in [4.78, 5) is 17.8. The summed E-state index contributed by atoms with van der Waals surface area (Å²) in [7, 11) is 0. The van der Waals surface area contributed by atoms with Gasteiger partial charge in [0.15, 0.2) is 5.69 Å². The van der Waals surface area contributed by atoms with Gasteiger partial charge in [0, 0.05) is 23.7 Å². The Kier molecular flexibility index (Phi) is 3.08. The van der Waals surface area contributed by atoms with Crippen molar-refractivity contribution in [2.75, 3.05) is 11.4 Å². The van der Waals surface area contributed by atoms with Gasteiger partial charge in [-0.05, 0) is 31.4 Å². The molecule has 0 aliphatic carbocycles. The summed E-state index contributed by atoms with van der Waals surface area (Å²) in [6.45, 7) is 5.39. The molecule has 1 fully saturated rings. The third-order valence-corrected chi connectivity index (χ3v) is 4.01. The number of aromatic nitrogens is 1. The fourth-order valence-electron chi connectivity index (χ4n) is 3.14. The number of anilines is 1. The van der Waals surface area contributed by atoms with Crippen LogP contribution in [0.25, 0.3) is 10.9 Å². The number of carboxylic acid groups (broad SMARTS) is 1. The summed E-state index contributed by atoms with van der Waals surface area (Å²) in [5, 5.41) is 10.3. The molecule has 2 atom stereocenters. The van der Waals surface area contributed by atoms with Crippen molar-refractivity contribution in [2.45, 2.75) is 26.3 Å². The number of para-hydroxylation sites is 1. The third kappa shape index (κ3) is 2.11. The first-order chi connectivity index (χ1) is 9.56. The topological polar surface area (TPSA) is 53.4 Å². The lowest BCUT2D eigenvalue weighted by molar-refractivity contribution is 0.0691. The molecule has 1 aliphatic heterocycles. The first-order valence-corrected chi connectivity index (χ1v) is 6.96. The second kappa shape index (κ2) is 4.78. The molecular weight excluding hydrogens is 252 g/mol. The Balaban J connectivity index is 2.20. The first-order valence-electron chi connectivity index (χ1n) is 6.96. The van der Waals surface area contributed by atoms with Gasteiger partial charge in [-0.3, -0.25) is 0 Å². The summed E-state index contributed by atoms with van der Waals surface area (Å²) in [6, 6.07) is 9.88. The van der Waals surface area contributed by atoms with Gasteiger partial charge in [-0.25, -0.2) is 9.78 Å². The second-order valence-corrected chi connectivity index (χ2v) is 5.69. The highest BCUT2D eigenvalue weighted by Crippen LogP contribution is 2.34. The fourth-order valence-corrected chi connectivity index (χ4v) is 3.14. The van der Waals surface area contributed by atoms with E-state index in [2.05, 4.69) is 23.7 Å². The number of hydrogen-bond donors (Lipinski definition) is 1. The Hall–Kier alpha value is -2.10. The van der Waals surface area contributed by atoms with Crippen LogP contribution in [0.15, 0.2) is 30.3 Å². The van der Waals surface area contributed by atoms with E-state index in [0.29, 0.717) is 12.0 Å². The van der Waals surface area contributed by atoms with E-state index in [4.69, 9.17) is 0 Å². The zero-order valence-corrected chi connectivity index (χ0v) is 11.7. The van der Waals surface area contributed by atoms with Gasteiger partial charge in [-0.15, -0.1) is 0 Å². The maximum absolute atomic E-state index is 11.3. The number of nitrogens with zero attached hydrogens (tertiary/aromatic N) is 2. The van der Waals surface area contributed by atoms with Gasteiger partial charge in [0.05, 0.1) is 5.52 Å². The number of rotatable bonds is 2. The predicted molar refractivity (Wildman–Crippen MR) is 79.3 cm³/mol. The van der Waals surface area contributed by atoms with E-state index in [1.165, 1.54) is 0 Å². The lowest BCUT2D eigenvalue weighted by Crippen LogP contribution is -2.27. The normalized spacial score (nSPS) is 22.4. The number of benzene rings is 1. The highest BCUT2D eigenvalue weighted by Gasteiger charge is 2.28. The molecule has 0 radical (unpaired) electrons. The van der Waals surface area contributed by atoms with E-state index < -0.39 is 5.97 Å². The van der Waals surface area contributed by atoms with Crippen LogP contribution in [0.4, 0.5) is 5.69 Å². The van der Waals surface area contributed by atoms with Crippen LogP contribution in [0.1, 0.15) is 30.8 Å². The van der Waals surface area contributed by atoms with Crippen molar-refractivity contribution in [1.82, 2.24) is 4.98 Å². The summed E-state index contributed by atoms with van der Waals surface area (Å²) in [5.74, 6) is -0.345. The number of fused-ring (bicyclic) bond motifs is 1. The van der Waals surface area contributed by atoms with Gasteiger partial charge in [0.2, 0.25) is 0 Å². The van der Waals surface area contributed by atoms with E-state index in [-0.39, 0.29) is 5.69 Å². The van der Waals surface area contributed by atoms with Crippen molar-refractivity contribution >= 4 is 22.6 Å². The molecule has 2 aromatic rings. The van der Waals surface area contributed by atoms with Crippen molar-refractivity contribution in [2.24, 2.45) is 5.92 Å². The van der Waals surface area contributed by atoms with E-state index in [9.17, 15) is 9.90 Å². The number of pyridine rings is 1. The lowest BCUT2D eigenvalue weighted by atomic mass is 10.1. The van der Waals surface area contributed by atoms with Crippen molar-refractivity contribution in [3.05, 3.63) is 36.0 Å². The average Bonchev–Trinajstić information content (AvgIpc) is 2.76. The summed E-state index contributed by atoms with van der Waals surface area (Å²) in [5.41, 5.74) is 1.85. The van der Waals surface area contributed by atoms with E-state index in [1.54, 1.807) is 6.07 Å². The van der Waals surface area contributed by atoms with Crippen LogP contribution in [-0.4, -0.2) is 28.6 Å². The first kappa shape index (κ1) is 12.9. The standard InChI is InChI=1S/C16H18N2O2/c1-10-7-11(2)18(9-10)15-8-14(16(19)20)17-13-6-4-3-5-12(13)15/h3-6,8,10-11H,7,9H2,1-2H3,(H,19,20). The molecule has 1 N–H and O–H groups in total. The van der Waals surface area contributed by atoms with Gasteiger partial charge >= 0.3 is 5.97 Å². The molecule has 4 nitrogen and oxygen atoms in total. The van der Waals surface area contributed by atoms with Crippen LogP contribution in [0.3, 0.4) is 0 Å². The molecule has 1 aliphatic rings. The van der Waals surface area contributed by atoms with Crippen LogP contribution in [0.5, 0.6) is 0 Å². The van der Waals surface area contributed by atoms with Gasteiger partial charge in [0.1, 0.15) is 0 Å². The number of carboxylic acids is 1. The molecule has 3 rings (SSSR count). The Morgan fingerprint density at radius 2 is 2.10 bits per heavy atom. The van der Waals surface area contributed by atoms with Crippen molar-refractivity contribution in [3.8, 4) is 0 Å². The van der Waals surface area contributed by atoms with Gasteiger partial charge < -0.3 is 10.0 Å². The van der Waals surface area contributed by atoms with Crippen molar-refractivity contribution < 1.29 is 9.90 Å². The van der Waals surface area contributed by atoms with Crippen LogP contribution >= 0.6 is 0 Å². The number of hydrogen-bond acceptors (Lipinski definition) is 3. The molecule has 1 aromatic heterocycles. The molecule has 0 amide bonds. The van der Waals surface area contributed by atoms with Crippen LogP contribution in [0.2, 0.25) is 0 Å². The lowest BCUT2D eigenvalue weighted by Gasteiger charge is -2.25. The molecule has 2 heterocycles. The Bertz CT molecular complexity index is 669. The third-order valence-electron chi connectivity index (χ3n) is 4.01. The zero-order valence-electron chi connectivity index (χ0n) is 11.7. The smallest absolute Gasteiger partial charge is 0.354 e. The summed E-state index contributed by atoms with van der Waals surface area (Å²) >= 11 is 0. The Morgan fingerprint density at radius 1 is 1.35 bits per heavy atom. The molecule has 4 heteroatoms. The molecule has 1 saturated heterocycles. The number of carbonyl (C=O) groups is 1. The van der Waals surface area contributed by atoms with E-state index in [1.807, 2.05) is 24.3 Å². The van der Waals surface area contributed by atoms with Crippen molar-refractivity contribution in [1.29, 1.82) is 0 Å². The second-order valence-electron chi connectivity index (χ2n) is 5.69. The minimum absolute atomic E-state index is 0.116. The quantitative estimate of drug-likeness (QED) is 0.910. The van der Waals surface area contributed by atoms with E-state index in [0.717, 1.165) is 29.6 Å². The Labute approximate surface area is 118 Å². The molecule has 20 heavy (non-hydrogen) atoms. The number of aromatic carboxylic acids is 1. The molecule has 0 saturated carbocycles. The van der Waals surface area contributed by atoms with Gasteiger partial charge in [0.25, 0.3) is 0 Å². The fraction of sp³-hybridized carbons (Fsp3) is 0.375. The predicted octanol–water partition coefficient (Wildman–Crippen LogP) is 3.17. The van der Waals surface area contributed by atoms with Gasteiger partial charge in [-0.2, -0.15) is 0 Å². The highest BCUT2D eigenvalue weighted by atomic mass is 16.4. The molecule has 1 aromatic carbocycles. The summed E-state index contributed by atoms with van der Waals surface area (Å²) < 4.78 is 0. The summed E-state index contributed by atoms with van der Waals surface area (Å²) in [6.07, 6.45) is 1.14. The molecule has 104 valence electrons. The molecule has 2 unspecified atom stereocenters. The molecule has 0 bridgehead atoms. The molecule has 0 spiro atoms. The van der Waals surface area contributed by atoms with E-state index >= 15 is 0 Å². The monoisotopic (exact) mass is 270 g/mol. The minimum atomic E-state index is -0.975. The SMILES string of the molecule is CC1CC(C)N(c2cc(C(=O)O)nc3ccccc23)C1. The maximum atomic E-state index is 11.3. The zero-order chi connectivity index (χ0) is 14.3. The largest absolute Gasteiger partial charge is 0.477 e. The van der Waals surface area contributed by atoms with Crippen LogP contribution in [0, 0.1) is 5.92 Å². The maximum Gasteiger partial charge on any atom is 0.354 e. The Morgan fingerprint density at radius 3 is 2.75 bits per heavy atom. The minimum Gasteiger partial charge on any atom is -0.477 e. The van der Waals surface area contributed by atoms with Crippen LogP contribution < -0.4 is 4.90 Å². The van der Waals surface area contributed by atoms with Crippen LogP contribution in [-0.2, 0) is 0 Å². The molecular formula is C16H18N2O2. The highest BCUT2D eigenvalue weighted by molar-refractivity contribution is 5.97. The average molecular weight is 270 g/mol.